The summed E-state index contributed by atoms with van der Waals surface area (Å²) in [4.78, 5) is 32.7. The van der Waals surface area contributed by atoms with E-state index in [2.05, 4.69) is 17.1 Å². The highest BCUT2D eigenvalue weighted by molar-refractivity contribution is 6.36. The van der Waals surface area contributed by atoms with Gasteiger partial charge in [0.15, 0.2) is 5.82 Å². The van der Waals surface area contributed by atoms with Crippen LogP contribution in [0.25, 0.3) is 11.1 Å². The second kappa shape index (κ2) is 14.1. The molecule has 52 heavy (non-hydrogen) atoms. The highest BCUT2D eigenvalue weighted by Crippen LogP contribution is 2.48. The van der Waals surface area contributed by atoms with E-state index in [0.717, 1.165) is 84.3 Å². The van der Waals surface area contributed by atoms with Crippen molar-refractivity contribution in [2.45, 2.75) is 83.0 Å². The minimum Gasteiger partial charge on any atom is -0.484 e. The molecule has 2 atom stereocenters. The van der Waals surface area contributed by atoms with Gasteiger partial charge in [-0.1, -0.05) is 53.5 Å². The van der Waals surface area contributed by atoms with Gasteiger partial charge in [-0.3, -0.25) is 14.5 Å². The lowest BCUT2D eigenvalue weighted by Crippen LogP contribution is -2.41. The first-order chi connectivity index (χ1) is 25.1. The zero-order valence-electron chi connectivity index (χ0n) is 29.3. The summed E-state index contributed by atoms with van der Waals surface area (Å²) in [5, 5.41) is 3.40. The van der Waals surface area contributed by atoms with Crippen molar-refractivity contribution in [3.05, 3.63) is 97.8 Å². The maximum atomic E-state index is 15.3. The number of esters is 1. The zero-order chi connectivity index (χ0) is 36.3. The lowest BCUT2D eigenvalue weighted by Gasteiger charge is -2.31. The summed E-state index contributed by atoms with van der Waals surface area (Å²) in [6, 6.07) is 13.5. The number of carbonyl (C=O) groups excluding carboxylic acids is 2. The van der Waals surface area contributed by atoms with Gasteiger partial charge < -0.3 is 25.1 Å². The van der Waals surface area contributed by atoms with E-state index in [4.69, 9.17) is 43.4 Å². The normalized spacial score (nSPS) is 18.8. The number of hydrogen-bond acceptors (Lipinski definition) is 7. The first-order valence-electron chi connectivity index (χ1n) is 18.2. The monoisotopic (exact) mass is 745 g/mol. The fraction of sp³-hybridized carbons (Fsp3) is 0.425. The molecule has 0 saturated heterocycles. The molecule has 2 heterocycles. The number of nitrogens with two attached hydrogens (primary N) is 1. The minimum absolute atomic E-state index is 0.0344. The summed E-state index contributed by atoms with van der Waals surface area (Å²) in [7, 11) is 1.86. The Hall–Kier alpha value is -3.96. The smallest absolute Gasteiger partial charge is 0.308 e. The molecular weight excluding hydrogens is 704 g/mol. The van der Waals surface area contributed by atoms with E-state index >= 15 is 4.39 Å². The fourth-order valence-electron chi connectivity index (χ4n) is 7.74. The number of fused-ring (bicyclic) bond motifs is 2. The van der Waals surface area contributed by atoms with Crippen LogP contribution in [0.15, 0.2) is 42.5 Å². The number of ether oxygens (including phenoxy) is 2. The summed E-state index contributed by atoms with van der Waals surface area (Å²) >= 11 is 13.5. The van der Waals surface area contributed by atoms with Crippen LogP contribution < -0.4 is 15.8 Å². The minimum atomic E-state index is -0.494. The molecule has 9 nitrogen and oxygen atoms in total. The lowest BCUT2D eigenvalue weighted by molar-refractivity contribution is -0.147. The third-order valence-electron chi connectivity index (χ3n) is 11.0. The molecular formula is C40H42Cl2FN5O4. The predicted molar refractivity (Wildman–Crippen MR) is 198 cm³/mol. The van der Waals surface area contributed by atoms with Crippen molar-refractivity contribution < 1.29 is 23.5 Å². The number of carbonyl (C=O) groups is 2. The van der Waals surface area contributed by atoms with Crippen molar-refractivity contribution in [3.63, 3.8) is 0 Å². The molecule has 4 aliphatic rings. The van der Waals surface area contributed by atoms with Gasteiger partial charge in [0.25, 0.3) is 5.91 Å². The maximum absolute atomic E-state index is 15.3. The largest absolute Gasteiger partial charge is 0.484 e. The fourth-order valence-corrected chi connectivity index (χ4v) is 8.23. The highest BCUT2D eigenvalue weighted by Gasteiger charge is 2.34. The number of amides is 1. The molecule has 8 rings (SSSR count). The van der Waals surface area contributed by atoms with E-state index in [1.54, 1.807) is 6.07 Å². The van der Waals surface area contributed by atoms with Gasteiger partial charge in [-0.2, -0.15) is 0 Å². The van der Waals surface area contributed by atoms with Crippen molar-refractivity contribution in [1.82, 2.24) is 14.5 Å². The average Bonchev–Trinajstić information content (AvgIpc) is 4.09. The van der Waals surface area contributed by atoms with Gasteiger partial charge in [0.1, 0.15) is 29.3 Å². The molecule has 0 radical (unpaired) electrons. The number of imidazole rings is 1. The van der Waals surface area contributed by atoms with Crippen LogP contribution in [0, 0.1) is 11.7 Å². The number of hydrogen-bond donors (Lipinski definition) is 2. The van der Waals surface area contributed by atoms with E-state index < -0.39 is 5.82 Å². The Morgan fingerprint density at radius 1 is 1.04 bits per heavy atom. The Bertz CT molecular complexity index is 2080. The van der Waals surface area contributed by atoms with Crippen LogP contribution in [0.3, 0.4) is 0 Å². The first-order valence-corrected chi connectivity index (χ1v) is 18.9. The summed E-state index contributed by atoms with van der Waals surface area (Å²) in [6.45, 7) is 3.84. The van der Waals surface area contributed by atoms with Gasteiger partial charge in [-0.25, -0.2) is 9.37 Å². The molecule has 272 valence electrons. The number of anilines is 1. The van der Waals surface area contributed by atoms with Crippen molar-refractivity contribution in [3.8, 4) is 16.9 Å². The summed E-state index contributed by atoms with van der Waals surface area (Å²) in [5.41, 5.74) is 13.4. The van der Waals surface area contributed by atoms with Gasteiger partial charge in [0.2, 0.25) is 0 Å². The van der Waals surface area contributed by atoms with Crippen LogP contribution in [0.1, 0.15) is 95.3 Å². The van der Waals surface area contributed by atoms with Crippen LogP contribution in [0.4, 0.5) is 10.1 Å². The standard InChI is InChI=1S/C40H42Cl2FN5O4/c1-21(20-51-40(50)23-11-12-23)48-16-15-32-31(19-48)45-38(47(32)2)39(49)46-30-8-4-7-27(35(30)41)24-5-3-6-26-25(24)13-14-33(26)52-34-17-28(22-9-10-22)29(18-44)37(43)36(34)42/h3-8,17,21-23,33H,9-16,18-20,44H2,1-2H3,(H,46,49). The quantitative estimate of drug-likeness (QED) is 0.150. The number of benzene rings is 3. The highest BCUT2D eigenvalue weighted by atomic mass is 35.5. The van der Waals surface area contributed by atoms with E-state index in [9.17, 15) is 9.59 Å². The van der Waals surface area contributed by atoms with Crippen LogP contribution in [0.2, 0.25) is 10.0 Å². The molecule has 0 spiro atoms. The third-order valence-corrected chi connectivity index (χ3v) is 11.8. The molecule has 4 aromatic rings. The number of nitrogens with one attached hydrogen (secondary N) is 1. The molecule has 1 aliphatic heterocycles. The molecule has 2 saturated carbocycles. The SMILES string of the molecule is CC(COC(=O)C1CC1)N1CCc2c(nc(C(=O)Nc3cccc(-c4cccc5c4CCC5Oc4cc(C5CC5)c(CN)c(F)c4Cl)c3Cl)n2C)C1. The van der Waals surface area contributed by atoms with Crippen molar-refractivity contribution >= 4 is 40.8 Å². The first kappa shape index (κ1) is 35.1. The second-order valence-corrected chi connectivity index (χ2v) is 15.3. The van der Waals surface area contributed by atoms with E-state index in [-0.39, 0.29) is 41.5 Å². The summed E-state index contributed by atoms with van der Waals surface area (Å²) < 4.78 is 29.1. The Labute approximate surface area is 312 Å². The number of halogens is 3. The topological polar surface area (TPSA) is 112 Å². The van der Waals surface area contributed by atoms with E-state index in [1.165, 1.54) is 0 Å². The Morgan fingerprint density at radius 3 is 2.56 bits per heavy atom. The summed E-state index contributed by atoms with van der Waals surface area (Å²) in [6.07, 6.45) is 5.71. The molecule has 3 N–H and O–H groups in total. The van der Waals surface area contributed by atoms with E-state index in [1.807, 2.05) is 48.0 Å². The van der Waals surface area contributed by atoms with Crippen LogP contribution >= 0.6 is 23.2 Å². The van der Waals surface area contributed by atoms with Crippen molar-refractivity contribution in [1.29, 1.82) is 0 Å². The maximum Gasteiger partial charge on any atom is 0.308 e. The Morgan fingerprint density at radius 2 is 1.81 bits per heavy atom. The Balaban J connectivity index is 0.987. The van der Waals surface area contributed by atoms with Crippen LogP contribution in [-0.2, 0) is 42.5 Å². The second-order valence-electron chi connectivity index (χ2n) is 14.6. The predicted octanol–water partition coefficient (Wildman–Crippen LogP) is 7.89. The van der Waals surface area contributed by atoms with Crippen LogP contribution in [-0.4, -0.2) is 45.5 Å². The molecule has 3 aliphatic carbocycles. The lowest BCUT2D eigenvalue weighted by atomic mass is 9.96. The number of rotatable bonds is 11. The van der Waals surface area contributed by atoms with Crippen molar-refractivity contribution in [2.75, 3.05) is 18.5 Å². The zero-order valence-corrected chi connectivity index (χ0v) is 30.8. The molecule has 2 unspecified atom stereocenters. The van der Waals surface area contributed by atoms with Gasteiger partial charge in [-0.05, 0) is 85.8 Å². The molecule has 1 amide bonds. The van der Waals surface area contributed by atoms with Gasteiger partial charge in [-0.15, -0.1) is 0 Å². The van der Waals surface area contributed by atoms with Crippen LogP contribution in [0.5, 0.6) is 5.75 Å². The van der Waals surface area contributed by atoms with Gasteiger partial charge in [0.05, 0.1) is 22.3 Å². The Kier molecular flexibility index (Phi) is 9.53. The molecule has 2 fully saturated rings. The molecule has 1 aromatic heterocycles. The number of aromatic nitrogens is 2. The van der Waals surface area contributed by atoms with Gasteiger partial charge in [0, 0.05) is 56.0 Å². The van der Waals surface area contributed by atoms with Gasteiger partial charge >= 0.3 is 5.97 Å². The molecule has 0 bridgehead atoms. The van der Waals surface area contributed by atoms with Crippen molar-refractivity contribution in [2.24, 2.45) is 18.7 Å². The molecule has 3 aromatic carbocycles. The number of nitrogens with zero attached hydrogens (tertiary/aromatic N) is 3. The summed E-state index contributed by atoms with van der Waals surface area (Å²) in [5.74, 6) is 0.0727. The average molecular weight is 747 g/mol. The third kappa shape index (κ3) is 6.59. The van der Waals surface area contributed by atoms with E-state index in [0.29, 0.717) is 53.3 Å². The molecule has 12 heteroatoms.